The molecule has 72 valence electrons. The monoisotopic (exact) mass is 184 g/mol. The zero-order valence-electron chi connectivity index (χ0n) is 9.04. The molecule has 1 aliphatic rings. The molecule has 1 atom stereocenters. The lowest BCUT2D eigenvalue weighted by Crippen LogP contribution is -1.90. The lowest BCUT2D eigenvalue weighted by Gasteiger charge is -2.09. The van der Waals surface area contributed by atoms with Gasteiger partial charge in [0.05, 0.1) is 0 Å². The van der Waals surface area contributed by atoms with E-state index in [1.807, 2.05) is 0 Å². The third-order valence-electron chi connectivity index (χ3n) is 2.79. The second-order valence-corrected chi connectivity index (χ2v) is 4.11. The zero-order chi connectivity index (χ0) is 10.1. The van der Waals surface area contributed by atoms with Crippen LogP contribution >= 0.6 is 0 Å². The Kier molecular flexibility index (Phi) is 2.28. The van der Waals surface area contributed by atoms with Gasteiger partial charge < -0.3 is 0 Å². The number of allylic oxidation sites excluding steroid dienone is 4. The molecule has 0 saturated carbocycles. The second-order valence-electron chi connectivity index (χ2n) is 4.11. The van der Waals surface area contributed by atoms with E-state index in [0.29, 0.717) is 5.92 Å². The van der Waals surface area contributed by atoms with Crippen molar-refractivity contribution in [3.63, 3.8) is 0 Å². The van der Waals surface area contributed by atoms with E-state index >= 15 is 0 Å². The molecule has 0 aliphatic heterocycles. The molecule has 1 aliphatic carbocycles. The first-order valence-electron chi connectivity index (χ1n) is 5.15. The van der Waals surface area contributed by atoms with E-state index in [-0.39, 0.29) is 0 Å². The van der Waals surface area contributed by atoms with Crippen molar-refractivity contribution in [2.24, 2.45) is 5.92 Å². The van der Waals surface area contributed by atoms with Crippen LogP contribution in [0.3, 0.4) is 0 Å². The lowest BCUT2D eigenvalue weighted by atomic mass is 9.96. The average Bonchev–Trinajstić information content (AvgIpc) is 2.51. The van der Waals surface area contributed by atoms with Crippen LogP contribution in [0.25, 0.3) is 5.57 Å². The number of hydrogen-bond acceptors (Lipinski definition) is 0. The molecule has 0 N–H and O–H groups in total. The normalized spacial score (nSPS) is 19.9. The van der Waals surface area contributed by atoms with Crippen molar-refractivity contribution in [2.45, 2.75) is 20.8 Å². The van der Waals surface area contributed by atoms with E-state index in [0.717, 1.165) is 0 Å². The van der Waals surface area contributed by atoms with Crippen molar-refractivity contribution in [3.05, 3.63) is 53.1 Å². The summed E-state index contributed by atoms with van der Waals surface area (Å²) in [5.74, 6) is 0.587. The van der Waals surface area contributed by atoms with Gasteiger partial charge in [0.1, 0.15) is 0 Å². The standard InChI is InChI=1S/C14H16/c1-10-7-8-13(9-10)14-11(2)5-4-6-12(14)3/h4-10H,1-3H3. The maximum atomic E-state index is 2.33. The van der Waals surface area contributed by atoms with E-state index < -0.39 is 0 Å². The summed E-state index contributed by atoms with van der Waals surface area (Å²) >= 11 is 0. The summed E-state index contributed by atoms with van der Waals surface area (Å²) < 4.78 is 0. The highest BCUT2D eigenvalue weighted by Gasteiger charge is 2.10. The van der Waals surface area contributed by atoms with Gasteiger partial charge in [-0.2, -0.15) is 0 Å². The van der Waals surface area contributed by atoms with Crippen LogP contribution in [0.2, 0.25) is 0 Å². The summed E-state index contributed by atoms with van der Waals surface area (Å²) in [4.78, 5) is 0. The van der Waals surface area contributed by atoms with E-state index in [1.54, 1.807) is 0 Å². The molecular weight excluding hydrogens is 168 g/mol. The van der Waals surface area contributed by atoms with Gasteiger partial charge in [0.15, 0.2) is 0 Å². The zero-order valence-corrected chi connectivity index (χ0v) is 9.04. The average molecular weight is 184 g/mol. The van der Waals surface area contributed by atoms with E-state index in [1.165, 1.54) is 22.3 Å². The molecule has 0 heterocycles. The lowest BCUT2D eigenvalue weighted by molar-refractivity contribution is 0.959. The van der Waals surface area contributed by atoms with Gasteiger partial charge in [-0.15, -0.1) is 0 Å². The summed E-state index contributed by atoms with van der Waals surface area (Å²) in [6, 6.07) is 6.48. The quantitative estimate of drug-likeness (QED) is 0.621. The van der Waals surface area contributed by atoms with Gasteiger partial charge in [-0.1, -0.05) is 43.4 Å². The van der Waals surface area contributed by atoms with E-state index in [9.17, 15) is 0 Å². The summed E-state index contributed by atoms with van der Waals surface area (Å²) in [5.41, 5.74) is 5.53. The predicted octanol–water partition coefficient (Wildman–Crippen LogP) is 3.89. The maximum Gasteiger partial charge on any atom is -0.00693 e. The van der Waals surface area contributed by atoms with Gasteiger partial charge in [0.25, 0.3) is 0 Å². The van der Waals surface area contributed by atoms with Crippen LogP contribution in [0.15, 0.2) is 36.4 Å². The summed E-state index contributed by atoms with van der Waals surface area (Å²) in [5, 5.41) is 0. The maximum absolute atomic E-state index is 2.33. The molecule has 1 unspecified atom stereocenters. The molecule has 0 nitrogen and oxygen atoms in total. The fraction of sp³-hybridized carbons (Fsp3) is 0.286. The Bertz CT molecular complexity index is 388. The highest BCUT2D eigenvalue weighted by molar-refractivity contribution is 5.80. The van der Waals surface area contributed by atoms with Gasteiger partial charge in [-0.25, -0.2) is 0 Å². The number of hydrogen-bond donors (Lipinski definition) is 0. The van der Waals surface area contributed by atoms with Gasteiger partial charge in [0.2, 0.25) is 0 Å². The minimum absolute atomic E-state index is 0.587. The molecule has 14 heavy (non-hydrogen) atoms. The van der Waals surface area contributed by atoms with Crippen LogP contribution in [-0.4, -0.2) is 0 Å². The van der Waals surface area contributed by atoms with Crippen molar-refractivity contribution in [1.29, 1.82) is 0 Å². The van der Waals surface area contributed by atoms with Gasteiger partial charge in [-0.05, 0) is 42.0 Å². The molecule has 0 bridgehead atoms. The fourth-order valence-corrected chi connectivity index (χ4v) is 2.09. The molecule has 0 heteroatoms. The van der Waals surface area contributed by atoms with Gasteiger partial charge in [-0.3, -0.25) is 0 Å². The van der Waals surface area contributed by atoms with Crippen LogP contribution in [0, 0.1) is 19.8 Å². The molecule has 2 rings (SSSR count). The highest BCUT2D eigenvalue weighted by atomic mass is 14.1. The number of rotatable bonds is 1. The smallest absolute Gasteiger partial charge is 0.00693 e. The van der Waals surface area contributed by atoms with Crippen LogP contribution in [0.4, 0.5) is 0 Å². The van der Waals surface area contributed by atoms with Crippen LogP contribution in [-0.2, 0) is 0 Å². The van der Waals surface area contributed by atoms with Crippen molar-refractivity contribution in [3.8, 4) is 0 Å². The van der Waals surface area contributed by atoms with Crippen LogP contribution in [0.1, 0.15) is 23.6 Å². The molecule has 0 saturated heterocycles. The highest BCUT2D eigenvalue weighted by Crippen LogP contribution is 2.29. The van der Waals surface area contributed by atoms with Gasteiger partial charge in [0, 0.05) is 0 Å². The third kappa shape index (κ3) is 1.52. The fourth-order valence-electron chi connectivity index (χ4n) is 2.09. The van der Waals surface area contributed by atoms with Crippen molar-refractivity contribution < 1.29 is 0 Å². The molecule has 1 aromatic carbocycles. The molecule has 0 amide bonds. The van der Waals surface area contributed by atoms with Crippen molar-refractivity contribution in [1.82, 2.24) is 0 Å². The minimum atomic E-state index is 0.587. The summed E-state index contributed by atoms with van der Waals surface area (Å²) in [6.45, 7) is 6.58. The Morgan fingerprint density at radius 3 is 2.21 bits per heavy atom. The van der Waals surface area contributed by atoms with Gasteiger partial charge >= 0.3 is 0 Å². The molecular formula is C14H16. The molecule has 0 aromatic heterocycles. The Morgan fingerprint density at radius 1 is 1.07 bits per heavy atom. The van der Waals surface area contributed by atoms with Crippen molar-refractivity contribution in [2.75, 3.05) is 0 Å². The Hall–Kier alpha value is -1.30. The first-order valence-corrected chi connectivity index (χ1v) is 5.15. The molecule has 0 spiro atoms. The minimum Gasteiger partial charge on any atom is -0.0773 e. The Labute approximate surface area is 86.0 Å². The second kappa shape index (κ2) is 3.45. The molecule has 1 aromatic rings. The molecule has 0 radical (unpaired) electrons. The first kappa shape index (κ1) is 9.26. The largest absolute Gasteiger partial charge is 0.0773 e. The number of aryl methyl sites for hydroxylation is 2. The SMILES string of the molecule is Cc1cccc(C)c1C1=CC(C)C=C1. The topological polar surface area (TPSA) is 0 Å². The predicted molar refractivity (Wildman–Crippen MR) is 62.2 cm³/mol. The van der Waals surface area contributed by atoms with E-state index in [4.69, 9.17) is 0 Å². The Morgan fingerprint density at radius 2 is 1.71 bits per heavy atom. The Balaban J connectivity index is 2.52. The first-order chi connectivity index (χ1) is 6.68. The summed E-state index contributed by atoms with van der Waals surface area (Å²) in [7, 11) is 0. The third-order valence-corrected chi connectivity index (χ3v) is 2.79. The van der Waals surface area contributed by atoms with Crippen LogP contribution in [0.5, 0.6) is 0 Å². The molecule has 0 fully saturated rings. The van der Waals surface area contributed by atoms with Crippen molar-refractivity contribution >= 4 is 5.57 Å². The summed E-state index contributed by atoms with van der Waals surface area (Å²) in [6.07, 6.45) is 6.82. The van der Waals surface area contributed by atoms with E-state index in [2.05, 4.69) is 57.2 Å². The van der Waals surface area contributed by atoms with Crippen LogP contribution < -0.4 is 0 Å². The number of benzene rings is 1.